The van der Waals surface area contributed by atoms with E-state index in [2.05, 4.69) is 0 Å². The van der Waals surface area contributed by atoms with Crippen molar-refractivity contribution in [3.05, 3.63) is 34.9 Å². The Morgan fingerprint density at radius 3 is 2.06 bits per heavy atom. The van der Waals surface area contributed by atoms with Gasteiger partial charge in [-0.05, 0) is 11.6 Å². The van der Waals surface area contributed by atoms with Crippen molar-refractivity contribution in [2.45, 2.75) is 25.2 Å². The molecule has 4 nitrogen and oxygen atoms in total. The van der Waals surface area contributed by atoms with Gasteiger partial charge in [-0.25, -0.2) is 0 Å². The molecule has 0 atom stereocenters. The molecular weight excluding hydrogens is 244 g/mol. The second-order valence-corrected chi connectivity index (χ2v) is 4.59. The van der Waals surface area contributed by atoms with Crippen molar-refractivity contribution in [2.75, 3.05) is 0 Å². The Hall–Kier alpha value is -1.55. The van der Waals surface area contributed by atoms with Crippen LogP contribution >= 0.6 is 11.6 Å². The molecule has 2 N–H and O–H groups in total. The van der Waals surface area contributed by atoms with Gasteiger partial charge in [-0.2, -0.15) is 0 Å². The highest BCUT2D eigenvalue weighted by Gasteiger charge is 2.33. The first-order valence-corrected chi connectivity index (χ1v) is 5.41. The zero-order valence-electron chi connectivity index (χ0n) is 9.31. The van der Waals surface area contributed by atoms with E-state index in [4.69, 9.17) is 21.8 Å². The summed E-state index contributed by atoms with van der Waals surface area (Å²) in [5.41, 5.74) is -0.456. The zero-order valence-corrected chi connectivity index (χ0v) is 10.1. The van der Waals surface area contributed by atoms with E-state index >= 15 is 0 Å². The van der Waals surface area contributed by atoms with Crippen LogP contribution in [-0.2, 0) is 15.0 Å². The van der Waals surface area contributed by atoms with E-state index in [0.29, 0.717) is 10.6 Å². The predicted molar refractivity (Wildman–Crippen MR) is 63.3 cm³/mol. The number of benzene rings is 1. The highest BCUT2D eigenvalue weighted by atomic mass is 35.5. The number of carboxylic acid groups (broad SMARTS) is 2. The summed E-state index contributed by atoms with van der Waals surface area (Å²) in [4.78, 5) is 21.7. The standard InChI is InChI=1S/C12H13ClO4/c1-12(6-10(14)15,7-11(16)17)8-4-2-3-5-9(8)13/h2-5H,6-7H2,1H3,(H,14,15)(H,16,17). The first-order chi connectivity index (χ1) is 7.85. The van der Waals surface area contributed by atoms with Crippen LogP contribution in [0.15, 0.2) is 24.3 Å². The summed E-state index contributed by atoms with van der Waals surface area (Å²) < 4.78 is 0. The fourth-order valence-corrected chi connectivity index (χ4v) is 2.24. The van der Waals surface area contributed by atoms with Crippen LogP contribution in [0.2, 0.25) is 5.02 Å². The topological polar surface area (TPSA) is 74.6 Å². The molecule has 0 amide bonds. The van der Waals surface area contributed by atoms with Crippen LogP contribution < -0.4 is 0 Å². The van der Waals surface area contributed by atoms with Crippen LogP contribution in [0.4, 0.5) is 0 Å². The Bertz CT molecular complexity index is 426. The van der Waals surface area contributed by atoms with E-state index in [-0.39, 0.29) is 12.8 Å². The van der Waals surface area contributed by atoms with E-state index < -0.39 is 17.4 Å². The van der Waals surface area contributed by atoms with Gasteiger partial charge < -0.3 is 10.2 Å². The van der Waals surface area contributed by atoms with Gasteiger partial charge in [0.25, 0.3) is 0 Å². The molecule has 0 heterocycles. The number of hydrogen-bond donors (Lipinski definition) is 2. The summed E-state index contributed by atoms with van der Waals surface area (Å²) in [6.45, 7) is 1.59. The van der Waals surface area contributed by atoms with Crippen LogP contribution in [-0.4, -0.2) is 22.2 Å². The molecular formula is C12H13ClO4. The molecule has 0 aromatic heterocycles. The van der Waals surface area contributed by atoms with Crippen molar-refractivity contribution in [1.29, 1.82) is 0 Å². The summed E-state index contributed by atoms with van der Waals surface area (Å²) in [6.07, 6.45) is -0.550. The molecule has 0 aliphatic carbocycles. The maximum Gasteiger partial charge on any atom is 0.304 e. The van der Waals surface area contributed by atoms with Gasteiger partial charge in [0.1, 0.15) is 0 Å². The summed E-state index contributed by atoms with van der Waals surface area (Å²) in [7, 11) is 0. The van der Waals surface area contributed by atoms with Crippen molar-refractivity contribution < 1.29 is 19.8 Å². The summed E-state index contributed by atoms with van der Waals surface area (Å²) in [6, 6.07) is 6.71. The second kappa shape index (κ2) is 5.19. The third kappa shape index (κ3) is 3.46. The van der Waals surface area contributed by atoms with Gasteiger partial charge >= 0.3 is 11.9 Å². The summed E-state index contributed by atoms with van der Waals surface area (Å²) in [5, 5.41) is 18.1. The second-order valence-electron chi connectivity index (χ2n) is 4.18. The zero-order chi connectivity index (χ0) is 13.1. The molecule has 0 unspecified atom stereocenters. The highest BCUT2D eigenvalue weighted by Crippen LogP contribution is 2.35. The smallest absolute Gasteiger partial charge is 0.304 e. The Morgan fingerprint density at radius 1 is 1.18 bits per heavy atom. The van der Waals surface area contributed by atoms with Gasteiger partial charge in [-0.1, -0.05) is 36.7 Å². The molecule has 1 rings (SSSR count). The van der Waals surface area contributed by atoms with E-state index in [0.717, 1.165) is 0 Å². The van der Waals surface area contributed by atoms with Crippen molar-refractivity contribution in [2.24, 2.45) is 0 Å². The molecule has 17 heavy (non-hydrogen) atoms. The fourth-order valence-electron chi connectivity index (χ4n) is 1.87. The Balaban J connectivity index is 3.18. The van der Waals surface area contributed by atoms with E-state index in [9.17, 15) is 9.59 Å². The first-order valence-electron chi connectivity index (χ1n) is 5.04. The van der Waals surface area contributed by atoms with Crippen LogP contribution in [0.1, 0.15) is 25.3 Å². The Morgan fingerprint density at radius 2 is 1.65 bits per heavy atom. The monoisotopic (exact) mass is 256 g/mol. The lowest BCUT2D eigenvalue weighted by Crippen LogP contribution is -2.29. The number of carbonyl (C=O) groups is 2. The lowest BCUT2D eigenvalue weighted by Gasteiger charge is -2.27. The van der Waals surface area contributed by atoms with E-state index in [1.165, 1.54) is 0 Å². The molecule has 0 radical (unpaired) electrons. The third-order valence-corrected chi connectivity index (χ3v) is 2.94. The molecule has 0 saturated heterocycles. The quantitative estimate of drug-likeness (QED) is 0.849. The maximum absolute atomic E-state index is 10.8. The molecule has 0 saturated carbocycles. The largest absolute Gasteiger partial charge is 0.481 e. The number of halogens is 1. The SMILES string of the molecule is CC(CC(=O)O)(CC(=O)O)c1ccccc1Cl. The summed E-state index contributed by atoms with van der Waals surface area (Å²) in [5.74, 6) is -2.10. The van der Waals surface area contributed by atoms with Crippen molar-refractivity contribution >= 4 is 23.5 Å². The average molecular weight is 257 g/mol. The number of rotatable bonds is 5. The number of aliphatic carboxylic acids is 2. The van der Waals surface area contributed by atoms with E-state index in [1.807, 2.05) is 0 Å². The first kappa shape index (κ1) is 13.5. The maximum atomic E-state index is 10.8. The van der Waals surface area contributed by atoms with Gasteiger partial charge in [-0.15, -0.1) is 0 Å². The highest BCUT2D eigenvalue weighted by molar-refractivity contribution is 6.31. The molecule has 0 aliphatic heterocycles. The molecule has 92 valence electrons. The minimum Gasteiger partial charge on any atom is -0.481 e. The van der Waals surface area contributed by atoms with Crippen LogP contribution in [0.25, 0.3) is 0 Å². The lowest BCUT2D eigenvalue weighted by atomic mass is 9.76. The molecule has 0 fully saturated rings. The predicted octanol–water partition coefficient (Wildman–Crippen LogP) is 2.55. The lowest BCUT2D eigenvalue weighted by molar-refractivity contribution is -0.141. The van der Waals surface area contributed by atoms with Gasteiger partial charge in [0, 0.05) is 10.4 Å². The summed E-state index contributed by atoms with van der Waals surface area (Å²) >= 11 is 5.99. The normalized spacial score (nSPS) is 11.2. The molecule has 0 bridgehead atoms. The molecule has 1 aromatic carbocycles. The van der Waals surface area contributed by atoms with Crippen molar-refractivity contribution in [3.8, 4) is 0 Å². The van der Waals surface area contributed by atoms with E-state index in [1.54, 1.807) is 31.2 Å². The van der Waals surface area contributed by atoms with Crippen LogP contribution in [0.5, 0.6) is 0 Å². The average Bonchev–Trinajstić information content (AvgIpc) is 2.15. The van der Waals surface area contributed by atoms with Gasteiger partial charge in [0.15, 0.2) is 0 Å². The Labute approximate surface area is 104 Å². The molecule has 5 heteroatoms. The van der Waals surface area contributed by atoms with Crippen molar-refractivity contribution in [3.63, 3.8) is 0 Å². The number of hydrogen-bond acceptors (Lipinski definition) is 2. The van der Waals surface area contributed by atoms with Crippen molar-refractivity contribution in [1.82, 2.24) is 0 Å². The van der Waals surface area contributed by atoms with Gasteiger partial charge in [-0.3, -0.25) is 9.59 Å². The number of carboxylic acids is 2. The third-order valence-electron chi connectivity index (χ3n) is 2.61. The fraction of sp³-hybridized carbons (Fsp3) is 0.333. The van der Waals surface area contributed by atoms with Gasteiger partial charge in [0.2, 0.25) is 0 Å². The molecule has 0 aliphatic rings. The Kier molecular flexibility index (Phi) is 4.12. The molecule has 1 aromatic rings. The molecule has 0 spiro atoms. The van der Waals surface area contributed by atoms with Crippen LogP contribution in [0.3, 0.4) is 0 Å². The van der Waals surface area contributed by atoms with Gasteiger partial charge in [0.05, 0.1) is 12.8 Å². The minimum absolute atomic E-state index is 0.275. The van der Waals surface area contributed by atoms with Crippen LogP contribution in [0, 0.1) is 0 Å². The minimum atomic E-state index is -1.05.